The maximum Gasteiger partial charge on any atom is 0.0963 e. The molecule has 2 heteroatoms. The average Bonchev–Trinajstić information content (AvgIpc) is 3.63. The van der Waals surface area contributed by atoms with Crippen LogP contribution in [0.5, 0.6) is 0 Å². The van der Waals surface area contributed by atoms with Crippen molar-refractivity contribution in [1.29, 1.82) is 0 Å². The second-order valence-electron chi connectivity index (χ2n) is 16.0. The topological polar surface area (TPSA) is 17.8 Å². The Hall–Kier alpha value is -7.03. The van der Waals surface area contributed by atoms with Gasteiger partial charge in [0.25, 0.3) is 0 Å². The highest BCUT2D eigenvalue weighted by molar-refractivity contribution is 6.30. The van der Waals surface area contributed by atoms with Crippen LogP contribution in [0.2, 0.25) is 0 Å². The van der Waals surface area contributed by atoms with Crippen LogP contribution in [-0.4, -0.2) is 9.55 Å². The molecule has 0 aliphatic heterocycles. The van der Waals surface area contributed by atoms with Crippen LogP contribution in [0.25, 0.3) is 104 Å². The van der Waals surface area contributed by atoms with E-state index in [1.54, 1.807) is 0 Å². The van der Waals surface area contributed by atoms with Gasteiger partial charge < -0.3 is 4.57 Å². The number of unbranched alkanes of at least 4 members (excludes halogenated alkanes) is 3. The maximum absolute atomic E-state index is 4.88. The summed E-state index contributed by atoms with van der Waals surface area (Å²) in [5.41, 5.74) is 13.5. The van der Waals surface area contributed by atoms with Crippen LogP contribution in [0.15, 0.2) is 188 Å². The second-order valence-corrected chi connectivity index (χ2v) is 16.0. The van der Waals surface area contributed by atoms with Gasteiger partial charge in [-0.3, -0.25) is 4.98 Å². The molecular formula is C57H44N2. The Bertz CT molecular complexity index is 3240. The SMILES string of the molecule is CCCCCCc1ccc2c3ncccc3n(-c3ccc(-c4c5ccccc5c(-c5c6ccccc6c(-c6ccccc6)c6ccccc56)c5ccccc45)cc3)c2c1. The quantitative estimate of drug-likeness (QED) is 0.106. The second kappa shape index (κ2) is 14.7. The van der Waals surface area contributed by atoms with E-state index in [2.05, 4.69) is 193 Å². The van der Waals surface area contributed by atoms with Crippen LogP contribution in [0.3, 0.4) is 0 Å². The minimum absolute atomic E-state index is 1.05. The highest BCUT2D eigenvalue weighted by Crippen LogP contribution is 2.50. The molecule has 0 aliphatic carbocycles. The van der Waals surface area contributed by atoms with E-state index in [4.69, 9.17) is 4.98 Å². The zero-order chi connectivity index (χ0) is 39.3. The summed E-state index contributed by atoms with van der Waals surface area (Å²) in [6, 6.07) is 67.4. The van der Waals surface area contributed by atoms with E-state index < -0.39 is 0 Å². The van der Waals surface area contributed by atoms with Gasteiger partial charge in [-0.2, -0.15) is 0 Å². The molecule has 0 amide bonds. The van der Waals surface area contributed by atoms with Gasteiger partial charge in [0.1, 0.15) is 0 Å². The Balaban J connectivity index is 1.12. The van der Waals surface area contributed by atoms with Crippen LogP contribution in [0, 0.1) is 0 Å². The number of nitrogens with zero attached hydrogens (tertiary/aromatic N) is 2. The fourth-order valence-electron chi connectivity index (χ4n) is 9.87. The Morgan fingerprint density at radius 2 is 0.881 bits per heavy atom. The molecule has 0 aliphatic rings. The number of rotatable bonds is 9. The molecule has 2 nitrogen and oxygen atoms in total. The third kappa shape index (κ3) is 5.82. The van der Waals surface area contributed by atoms with Crippen molar-refractivity contribution in [2.45, 2.75) is 39.0 Å². The summed E-state index contributed by atoms with van der Waals surface area (Å²) in [4.78, 5) is 4.88. The summed E-state index contributed by atoms with van der Waals surface area (Å²) in [6.45, 7) is 2.28. The van der Waals surface area contributed by atoms with E-state index in [-0.39, 0.29) is 0 Å². The van der Waals surface area contributed by atoms with Crippen LogP contribution >= 0.6 is 0 Å². The van der Waals surface area contributed by atoms with Crippen molar-refractivity contribution in [3.63, 3.8) is 0 Å². The molecular weight excluding hydrogens is 713 g/mol. The molecule has 11 rings (SSSR count). The molecule has 0 fully saturated rings. The van der Waals surface area contributed by atoms with E-state index >= 15 is 0 Å². The summed E-state index contributed by atoms with van der Waals surface area (Å²) in [6.07, 6.45) is 8.06. The van der Waals surface area contributed by atoms with E-state index in [9.17, 15) is 0 Å². The van der Waals surface area contributed by atoms with Gasteiger partial charge in [-0.05, 0) is 125 Å². The van der Waals surface area contributed by atoms with Crippen molar-refractivity contribution in [3.05, 3.63) is 194 Å². The predicted octanol–water partition coefficient (Wildman–Crippen LogP) is 15.9. The molecule has 0 radical (unpaired) electrons. The fraction of sp³-hybridized carbons (Fsp3) is 0.105. The van der Waals surface area contributed by atoms with E-state index in [1.807, 2.05) is 6.20 Å². The molecule has 0 saturated carbocycles. The van der Waals surface area contributed by atoms with Crippen molar-refractivity contribution in [2.75, 3.05) is 0 Å². The maximum atomic E-state index is 4.88. The summed E-state index contributed by atoms with van der Waals surface area (Å²) < 4.78 is 2.41. The molecule has 2 aromatic heterocycles. The highest BCUT2D eigenvalue weighted by atomic mass is 15.0. The number of hydrogen-bond acceptors (Lipinski definition) is 1. The molecule has 2 heterocycles. The molecule has 0 atom stereocenters. The number of aromatic nitrogens is 2. The molecule has 0 saturated heterocycles. The van der Waals surface area contributed by atoms with Crippen molar-refractivity contribution in [3.8, 4) is 39.1 Å². The Morgan fingerprint density at radius 3 is 1.41 bits per heavy atom. The Labute approximate surface area is 345 Å². The zero-order valence-electron chi connectivity index (χ0n) is 33.3. The minimum Gasteiger partial charge on any atom is -0.308 e. The summed E-state index contributed by atoms with van der Waals surface area (Å²) >= 11 is 0. The van der Waals surface area contributed by atoms with E-state index in [1.165, 1.54) is 119 Å². The van der Waals surface area contributed by atoms with Crippen LogP contribution in [-0.2, 0) is 6.42 Å². The molecule has 282 valence electrons. The zero-order valence-corrected chi connectivity index (χ0v) is 33.3. The molecule has 0 spiro atoms. The standard InChI is InChI=1S/C57H44N2/c1-2-3-4-6-18-38-30-35-50-52(37-38)59(51-29-17-36-58-57(50)51)41-33-31-40(32-34-41)54-44-23-11-15-27-48(44)56(49-28-16-12-24-45(49)54)55-46-25-13-9-21-42(46)53(39-19-7-5-8-20-39)43-22-10-14-26-47(43)55/h5,7-17,19-37H,2-4,6,18H2,1H3. The Morgan fingerprint density at radius 1 is 0.390 bits per heavy atom. The number of fused-ring (bicyclic) bond motifs is 7. The van der Waals surface area contributed by atoms with Crippen molar-refractivity contribution in [2.24, 2.45) is 0 Å². The first kappa shape index (κ1) is 35.2. The largest absolute Gasteiger partial charge is 0.308 e. The number of pyridine rings is 1. The molecule has 0 N–H and O–H groups in total. The first-order valence-corrected chi connectivity index (χ1v) is 21.2. The molecule has 9 aromatic carbocycles. The predicted molar refractivity (Wildman–Crippen MR) is 253 cm³/mol. The third-order valence-electron chi connectivity index (χ3n) is 12.5. The number of hydrogen-bond donors (Lipinski definition) is 0. The van der Waals surface area contributed by atoms with Gasteiger partial charge in [0.2, 0.25) is 0 Å². The Kier molecular flexibility index (Phi) is 8.77. The van der Waals surface area contributed by atoms with Gasteiger partial charge in [0.15, 0.2) is 0 Å². The lowest BCUT2D eigenvalue weighted by atomic mass is 9.81. The van der Waals surface area contributed by atoms with Gasteiger partial charge in [-0.15, -0.1) is 0 Å². The highest BCUT2D eigenvalue weighted by Gasteiger charge is 2.22. The summed E-state index contributed by atoms with van der Waals surface area (Å²) in [7, 11) is 0. The van der Waals surface area contributed by atoms with Crippen LogP contribution in [0.1, 0.15) is 38.2 Å². The lowest BCUT2D eigenvalue weighted by molar-refractivity contribution is 0.667. The van der Waals surface area contributed by atoms with E-state index in [0.29, 0.717) is 0 Å². The van der Waals surface area contributed by atoms with Crippen molar-refractivity contribution in [1.82, 2.24) is 9.55 Å². The summed E-state index contributed by atoms with van der Waals surface area (Å²) in [5, 5.41) is 11.3. The molecule has 0 unspecified atom stereocenters. The van der Waals surface area contributed by atoms with Gasteiger partial charge in [0, 0.05) is 17.3 Å². The van der Waals surface area contributed by atoms with Crippen molar-refractivity contribution >= 4 is 65.0 Å². The van der Waals surface area contributed by atoms with Crippen LogP contribution in [0.4, 0.5) is 0 Å². The smallest absolute Gasteiger partial charge is 0.0963 e. The van der Waals surface area contributed by atoms with Gasteiger partial charge in [-0.25, -0.2) is 0 Å². The fourth-order valence-corrected chi connectivity index (χ4v) is 9.87. The van der Waals surface area contributed by atoms with Gasteiger partial charge in [-0.1, -0.05) is 178 Å². The number of benzene rings is 9. The first-order valence-electron chi connectivity index (χ1n) is 21.2. The molecule has 0 bridgehead atoms. The lowest BCUT2D eigenvalue weighted by Crippen LogP contribution is -1.96. The van der Waals surface area contributed by atoms with Gasteiger partial charge in [0.05, 0.1) is 16.6 Å². The van der Waals surface area contributed by atoms with E-state index in [0.717, 1.165) is 23.1 Å². The average molecular weight is 757 g/mol. The number of aryl methyl sites for hydroxylation is 1. The monoisotopic (exact) mass is 756 g/mol. The summed E-state index contributed by atoms with van der Waals surface area (Å²) in [5.74, 6) is 0. The van der Waals surface area contributed by atoms with Crippen LogP contribution < -0.4 is 0 Å². The molecule has 11 aromatic rings. The molecule has 59 heavy (non-hydrogen) atoms. The minimum atomic E-state index is 1.05. The van der Waals surface area contributed by atoms with Gasteiger partial charge >= 0.3 is 0 Å². The normalized spacial score (nSPS) is 11.8. The first-order chi connectivity index (χ1) is 29.3. The third-order valence-corrected chi connectivity index (χ3v) is 12.5. The van der Waals surface area contributed by atoms with Crippen molar-refractivity contribution < 1.29 is 0 Å². The lowest BCUT2D eigenvalue weighted by Gasteiger charge is -2.22.